The number of nitrogens with zero attached hydrogens (tertiary/aromatic N) is 5. The van der Waals surface area contributed by atoms with Crippen molar-refractivity contribution in [3.05, 3.63) is 46.2 Å². The first-order valence-electron chi connectivity index (χ1n) is 10.8. The van der Waals surface area contributed by atoms with Gasteiger partial charge in [-0.05, 0) is 54.3 Å². The number of amides is 3. The molecule has 1 aromatic heterocycles. The van der Waals surface area contributed by atoms with E-state index < -0.39 is 0 Å². The molecule has 10 nitrogen and oxygen atoms in total. The molecular formula is C22H28ClN7O3. The minimum atomic E-state index is -0.244. The van der Waals surface area contributed by atoms with E-state index >= 15 is 0 Å². The van der Waals surface area contributed by atoms with Crippen molar-refractivity contribution in [3.8, 4) is 0 Å². The number of carbonyl (C=O) groups is 3. The lowest BCUT2D eigenvalue weighted by Crippen LogP contribution is -2.48. The number of halogens is 1. The van der Waals surface area contributed by atoms with Crippen LogP contribution in [0.25, 0.3) is 6.08 Å². The molecule has 0 aliphatic carbocycles. The molecule has 1 fully saturated rings. The lowest BCUT2D eigenvalue weighted by Gasteiger charge is -2.30. The van der Waals surface area contributed by atoms with Gasteiger partial charge in [-0.2, -0.15) is 4.80 Å². The fourth-order valence-corrected chi connectivity index (χ4v) is 3.61. The number of benzene rings is 1. The zero-order valence-corrected chi connectivity index (χ0v) is 19.7. The van der Waals surface area contributed by atoms with Crippen LogP contribution in [0.1, 0.15) is 43.6 Å². The van der Waals surface area contributed by atoms with Crippen molar-refractivity contribution in [2.75, 3.05) is 13.1 Å². The minimum Gasteiger partial charge on any atom is -0.339 e. The van der Waals surface area contributed by atoms with E-state index in [1.165, 1.54) is 10.9 Å². The first kappa shape index (κ1) is 24.4. The van der Waals surface area contributed by atoms with Gasteiger partial charge in [-0.3, -0.25) is 25.2 Å². The van der Waals surface area contributed by atoms with E-state index in [4.69, 9.17) is 11.6 Å². The van der Waals surface area contributed by atoms with Gasteiger partial charge in [0.15, 0.2) is 5.82 Å². The predicted molar refractivity (Wildman–Crippen MR) is 123 cm³/mol. The topological polar surface area (TPSA) is 122 Å². The fourth-order valence-electron chi connectivity index (χ4n) is 3.41. The number of hydrazine groups is 1. The van der Waals surface area contributed by atoms with Crippen LogP contribution < -0.4 is 10.9 Å². The Labute approximate surface area is 197 Å². The summed E-state index contributed by atoms with van der Waals surface area (Å²) in [6, 6.07) is 5.41. The number of aromatic nitrogens is 4. The maximum atomic E-state index is 12.7. The third-order valence-electron chi connectivity index (χ3n) is 5.39. The number of carbonyl (C=O) groups excluding carboxylic acids is 3. The predicted octanol–water partition coefficient (Wildman–Crippen LogP) is 1.74. The van der Waals surface area contributed by atoms with Gasteiger partial charge in [0.25, 0.3) is 0 Å². The first-order valence-corrected chi connectivity index (χ1v) is 11.2. The summed E-state index contributed by atoms with van der Waals surface area (Å²) in [5, 5.41) is 12.6. The molecular weight excluding hydrogens is 446 g/mol. The summed E-state index contributed by atoms with van der Waals surface area (Å²) in [7, 11) is 0. The molecule has 1 saturated heterocycles. The largest absolute Gasteiger partial charge is 0.339 e. The second kappa shape index (κ2) is 11.0. The average Bonchev–Trinajstić information content (AvgIpc) is 3.20. The van der Waals surface area contributed by atoms with Gasteiger partial charge in [0.05, 0.1) is 6.54 Å². The fraction of sp³-hybridized carbons (Fsp3) is 0.455. The molecule has 0 bridgehead atoms. The SMILES string of the molecule is Cc1nnn(Cc2cc(Cl)ccc2/C=C/C(=O)N2CCC(C(=O)NNC(=O)C(C)C)CC2)n1. The molecule has 1 aliphatic heterocycles. The highest BCUT2D eigenvalue weighted by molar-refractivity contribution is 6.30. The molecule has 0 radical (unpaired) electrons. The van der Waals surface area contributed by atoms with Crippen molar-refractivity contribution in [1.82, 2.24) is 36.0 Å². The molecule has 0 atom stereocenters. The highest BCUT2D eigenvalue weighted by Crippen LogP contribution is 2.20. The Morgan fingerprint density at radius 2 is 1.94 bits per heavy atom. The van der Waals surface area contributed by atoms with Crippen LogP contribution >= 0.6 is 11.6 Å². The molecule has 0 spiro atoms. The van der Waals surface area contributed by atoms with Crippen LogP contribution in [0.2, 0.25) is 5.02 Å². The highest BCUT2D eigenvalue weighted by atomic mass is 35.5. The van der Waals surface area contributed by atoms with Crippen LogP contribution in [-0.2, 0) is 20.9 Å². The Balaban J connectivity index is 1.55. The monoisotopic (exact) mass is 473 g/mol. The van der Waals surface area contributed by atoms with Gasteiger partial charge < -0.3 is 4.90 Å². The van der Waals surface area contributed by atoms with E-state index in [9.17, 15) is 14.4 Å². The van der Waals surface area contributed by atoms with Gasteiger partial charge in [-0.1, -0.05) is 31.5 Å². The van der Waals surface area contributed by atoms with Crippen LogP contribution in [-0.4, -0.2) is 55.9 Å². The van der Waals surface area contributed by atoms with Gasteiger partial charge >= 0.3 is 0 Å². The van der Waals surface area contributed by atoms with E-state index in [1.54, 1.807) is 37.8 Å². The second-order valence-electron chi connectivity index (χ2n) is 8.28. The summed E-state index contributed by atoms with van der Waals surface area (Å²) in [5.74, 6) is -0.477. The number of likely N-dealkylation sites (tertiary alicyclic amines) is 1. The minimum absolute atomic E-state index is 0.127. The van der Waals surface area contributed by atoms with Crippen LogP contribution in [0.3, 0.4) is 0 Å². The van der Waals surface area contributed by atoms with Crippen molar-refractivity contribution in [1.29, 1.82) is 0 Å². The van der Waals surface area contributed by atoms with E-state index in [-0.39, 0.29) is 29.6 Å². The number of tetrazole rings is 1. The van der Waals surface area contributed by atoms with Crippen molar-refractivity contribution >= 4 is 35.4 Å². The summed E-state index contributed by atoms with van der Waals surface area (Å²) >= 11 is 6.15. The van der Waals surface area contributed by atoms with Crippen molar-refractivity contribution in [2.45, 2.75) is 40.2 Å². The van der Waals surface area contributed by atoms with Gasteiger partial charge in [0.1, 0.15) is 0 Å². The summed E-state index contributed by atoms with van der Waals surface area (Å²) in [6.07, 6.45) is 4.34. The molecule has 1 aliphatic rings. The van der Waals surface area contributed by atoms with Gasteiger partial charge in [0, 0.05) is 36.0 Å². The smallest absolute Gasteiger partial charge is 0.246 e. The number of hydrogen-bond acceptors (Lipinski definition) is 6. The Kier molecular flexibility index (Phi) is 8.16. The quantitative estimate of drug-likeness (QED) is 0.486. The number of rotatable bonds is 6. The molecule has 2 N–H and O–H groups in total. The van der Waals surface area contributed by atoms with E-state index in [0.717, 1.165) is 11.1 Å². The molecule has 2 aromatic rings. The van der Waals surface area contributed by atoms with Crippen LogP contribution in [0, 0.1) is 18.8 Å². The molecule has 2 heterocycles. The lowest BCUT2D eigenvalue weighted by molar-refractivity contribution is -0.135. The zero-order chi connectivity index (χ0) is 24.0. The Morgan fingerprint density at radius 3 is 2.58 bits per heavy atom. The average molecular weight is 474 g/mol. The molecule has 3 amide bonds. The third kappa shape index (κ3) is 6.85. The summed E-state index contributed by atoms with van der Waals surface area (Å²) in [6.45, 7) is 6.57. The van der Waals surface area contributed by atoms with Crippen LogP contribution in [0.5, 0.6) is 0 Å². The molecule has 1 aromatic carbocycles. The lowest BCUT2D eigenvalue weighted by atomic mass is 9.96. The number of nitrogens with one attached hydrogen (secondary N) is 2. The molecule has 33 heavy (non-hydrogen) atoms. The maximum Gasteiger partial charge on any atom is 0.246 e. The summed E-state index contributed by atoms with van der Waals surface area (Å²) < 4.78 is 0. The van der Waals surface area contributed by atoms with E-state index in [1.807, 2.05) is 12.1 Å². The number of hydrogen-bond donors (Lipinski definition) is 2. The van der Waals surface area contributed by atoms with Crippen molar-refractivity contribution in [2.24, 2.45) is 11.8 Å². The Bertz CT molecular complexity index is 1040. The molecule has 11 heteroatoms. The normalized spacial score (nSPS) is 14.6. The van der Waals surface area contributed by atoms with Crippen molar-refractivity contribution < 1.29 is 14.4 Å². The second-order valence-corrected chi connectivity index (χ2v) is 8.71. The Morgan fingerprint density at radius 1 is 1.21 bits per heavy atom. The Hall–Kier alpha value is -3.27. The number of aryl methyl sites for hydroxylation is 1. The first-order chi connectivity index (χ1) is 15.7. The van der Waals surface area contributed by atoms with Crippen molar-refractivity contribution in [3.63, 3.8) is 0 Å². The van der Waals surface area contributed by atoms with Gasteiger partial charge in [-0.25, -0.2) is 0 Å². The van der Waals surface area contributed by atoms with Gasteiger partial charge in [0.2, 0.25) is 17.7 Å². The molecule has 0 saturated carbocycles. The van der Waals surface area contributed by atoms with Gasteiger partial charge in [-0.15, -0.1) is 10.2 Å². The van der Waals surface area contributed by atoms with E-state index in [2.05, 4.69) is 26.3 Å². The maximum absolute atomic E-state index is 12.7. The highest BCUT2D eigenvalue weighted by Gasteiger charge is 2.27. The standard InChI is InChI=1S/C22H28ClN7O3/c1-14(2)21(32)25-26-22(33)17-8-10-29(11-9-17)20(31)7-5-16-4-6-19(23)12-18(16)13-30-27-15(3)24-28-30/h4-7,12,14,17H,8-11,13H2,1-3H3,(H,25,32)(H,26,33)/b7-5+. The molecule has 176 valence electrons. The van der Waals surface area contributed by atoms with Crippen LogP contribution in [0.4, 0.5) is 0 Å². The summed E-state index contributed by atoms with van der Waals surface area (Å²) in [5.41, 5.74) is 6.59. The van der Waals surface area contributed by atoms with Crippen LogP contribution in [0.15, 0.2) is 24.3 Å². The molecule has 0 unspecified atom stereocenters. The molecule has 3 rings (SSSR count). The summed E-state index contributed by atoms with van der Waals surface area (Å²) in [4.78, 5) is 39.7. The van der Waals surface area contributed by atoms with E-state index in [0.29, 0.717) is 43.3 Å². The third-order valence-corrected chi connectivity index (χ3v) is 5.62. The zero-order valence-electron chi connectivity index (χ0n) is 18.9. The number of piperidine rings is 1.